The van der Waals surface area contributed by atoms with Crippen LogP contribution in [-0.4, -0.2) is 36.8 Å². The van der Waals surface area contributed by atoms with Gasteiger partial charge in [0, 0.05) is 26.1 Å². The second kappa shape index (κ2) is 5.06. The van der Waals surface area contributed by atoms with E-state index in [-0.39, 0.29) is 5.28 Å². The van der Waals surface area contributed by atoms with Crippen LogP contribution in [0.3, 0.4) is 0 Å². The quantitative estimate of drug-likeness (QED) is 0.831. The maximum absolute atomic E-state index is 5.99. The van der Waals surface area contributed by atoms with E-state index >= 15 is 0 Å². The van der Waals surface area contributed by atoms with Crippen LogP contribution < -0.4 is 10.6 Å². The molecule has 1 aromatic heterocycles. The van der Waals surface area contributed by atoms with Gasteiger partial charge >= 0.3 is 0 Å². The number of ether oxygens (including phenoxy) is 1. The number of methoxy groups -OCH3 is 1. The van der Waals surface area contributed by atoms with Crippen molar-refractivity contribution in [3.05, 3.63) is 11.0 Å². The highest BCUT2D eigenvalue weighted by Crippen LogP contribution is 2.29. The van der Waals surface area contributed by atoms with E-state index in [1.54, 1.807) is 7.11 Å². The minimum Gasteiger partial charge on any atom is -0.394 e. The van der Waals surface area contributed by atoms with Gasteiger partial charge in [-0.1, -0.05) is 0 Å². The summed E-state index contributed by atoms with van der Waals surface area (Å²) in [4.78, 5) is 10.4. The fourth-order valence-electron chi connectivity index (χ4n) is 2.17. The van der Waals surface area contributed by atoms with E-state index < -0.39 is 0 Å². The summed E-state index contributed by atoms with van der Waals surface area (Å²) in [6.45, 7) is 4.46. The van der Waals surface area contributed by atoms with E-state index in [9.17, 15) is 0 Å². The number of hydrogen-bond donors (Lipinski definition) is 1. The molecule has 0 aromatic carbocycles. The first-order valence-corrected chi connectivity index (χ1v) is 6.03. The van der Waals surface area contributed by atoms with Crippen molar-refractivity contribution in [3.8, 4) is 0 Å². The topological polar surface area (TPSA) is 64.3 Å². The molecule has 6 heteroatoms. The zero-order chi connectivity index (χ0) is 12.4. The van der Waals surface area contributed by atoms with Gasteiger partial charge in [0.05, 0.1) is 18.0 Å². The number of halogens is 1. The molecule has 1 saturated heterocycles. The number of anilines is 2. The minimum absolute atomic E-state index is 0.252. The molecule has 1 aromatic rings. The highest BCUT2D eigenvalue weighted by molar-refractivity contribution is 6.28. The predicted octanol–water partition coefficient (Wildman–Crippen LogP) is 1.49. The number of aromatic nitrogens is 2. The van der Waals surface area contributed by atoms with Gasteiger partial charge in [-0.3, -0.25) is 0 Å². The van der Waals surface area contributed by atoms with Crippen molar-refractivity contribution in [2.24, 2.45) is 5.92 Å². The molecule has 1 atom stereocenters. The van der Waals surface area contributed by atoms with Gasteiger partial charge < -0.3 is 15.4 Å². The van der Waals surface area contributed by atoms with Gasteiger partial charge in [0.25, 0.3) is 0 Å². The average molecular weight is 257 g/mol. The Morgan fingerprint density at radius 2 is 2.29 bits per heavy atom. The Kier molecular flexibility index (Phi) is 3.69. The minimum atomic E-state index is 0.252. The average Bonchev–Trinajstić information content (AvgIpc) is 2.72. The lowest BCUT2D eigenvalue weighted by molar-refractivity contribution is 0.161. The molecular formula is C11H17ClN4O. The molecule has 0 amide bonds. The standard InChI is InChI=1S/C11H17ClN4O/c1-7-9(13)10(15-11(12)14-7)16-4-3-8(5-16)6-17-2/h8H,3-6,13H2,1-2H3. The predicted molar refractivity (Wildman–Crippen MR) is 68.4 cm³/mol. The van der Waals surface area contributed by atoms with E-state index in [1.165, 1.54) is 0 Å². The lowest BCUT2D eigenvalue weighted by Crippen LogP contribution is -2.23. The van der Waals surface area contributed by atoms with Gasteiger partial charge in [-0.25, -0.2) is 4.98 Å². The molecule has 94 valence electrons. The highest BCUT2D eigenvalue weighted by Gasteiger charge is 2.25. The smallest absolute Gasteiger partial charge is 0.224 e. The third-order valence-corrected chi connectivity index (χ3v) is 3.25. The lowest BCUT2D eigenvalue weighted by Gasteiger charge is -2.20. The summed E-state index contributed by atoms with van der Waals surface area (Å²) in [6.07, 6.45) is 1.09. The number of rotatable bonds is 3. The maximum atomic E-state index is 5.99. The second-order valence-electron chi connectivity index (χ2n) is 4.37. The molecule has 1 unspecified atom stereocenters. The molecule has 17 heavy (non-hydrogen) atoms. The summed E-state index contributed by atoms with van der Waals surface area (Å²) < 4.78 is 5.17. The largest absolute Gasteiger partial charge is 0.394 e. The first-order chi connectivity index (χ1) is 8.11. The van der Waals surface area contributed by atoms with Gasteiger partial charge in [0.2, 0.25) is 5.28 Å². The second-order valence-corrected chi connectivity index (χ2v) is 4.71. The zero-order valence-corrected chi connectivity index (χ0v) is 10.9. The molecule has 2 heterocycles. The van der Waals surface area contributed by atoms with Crippen molar-refractivity contribution in [2.75, 3.05) is 37.4 Å². The number of nitrogens with two attached hydrogens (primary N) is 1. The Hall–Kier alpha value is -1.07. The van der Waals surface area contributed by atoms with Gasteiger partial charge in [0.15, 0.2) is 5.82 Å². The van der Waals surface area contributed by atoms with Crippen LogP contribution in [-0.2, 0) is 4.74 Å². The van der Waals surface area contributed by atoms with E-state index in [2.05, 4.69) is 14.9 Å². The normalized spacial score (nSPS) is 19.9. The third-order valence-electron chi connectivity index (χ3n) is 3.08. The lowest BCUT2D eigenvalue weighted by atomic mass is 10.1. The van der Waals surface area contributed by atoms with E-state index in [4.69, 9.17) is 22.1 Å². The Balaban J connectivity index is 2.18. The van der Waals surface area contributed by atoms with Crippen LogP contribution in [0.25, 0.3) is 0 Å². The summed E-state index contributed by atoms with van der Waals surface area (Å²) in [5.74, 6) is 1.29. The van der Waals surface area contributed by atoms with Crippen molar-refractivity contribution in [3.63, 3.8) is 0 Å². The van der Waals surface area contributed by atoms with Gasteiger partial charge in [-0.15, -0.1) is 0 Å². The summed E-state index contributed by atoms with van der Waals surface area (Å²) in [7, 11) is 1.72. The number of nitrogens with zero attached hydrogens (tertiary/aromatic N) is 3. The molecular weight excluding hydrogens is 240 g/mol. The molecule has 2 N–H and O–H groups in total. The van der Waals surface area contributed by atoms with Crippen LogP contribution in [0.1, 0.15) is 12.1 Å². The van der Waals surface area contributed by atoms with Crippen molar-refractivity contribution < 1.29 is 4.74 Å². The fourth-order valence-corrected chi connectivity index (χ4v) is 2.38. The Morgan fingerprint density at radius 3 is 3.00 bits per heavy atom. The third kappa shape index (κ3) is 2.61. The van der Waals surface area contributed by atoms with Gasteiger partial charge in [-0.05, 0) is 24.9 Å². The molecule has 1 aliphatic heterocycles. The first-order valence-electron chi connectivity index (χ1n) is 5.65. The summed E-state index contributed by atoms with van der Waals surface area (Å²) in [5, 5.41) is 0.252. The van der Waals surface area contributed by atoms with Crippen LogP contribution in [0.5, 0.6) is 0 Å². The highest BCUT2D eigenvalue weighted by atomic mass is 35.5. The molecule has 0 spiro atoms. The number of hydrogen-bond acceptors (Lipinski definition) is 5. The molecule has 2 rings (SSSR count). The molecule has 0 radical (unpaired) electrons. The Morgan fingerprint density at radius 1 is 1.53 bits per heavy atom. The molecule has 1 fully saturated rings. The van der Waals surface area contributed by atoms with Crippen molar-refractivity contribution in [1.29, 1.82) is 0 Å². The summed E-state index contributed by atoms with van der Waals surface area (Å²) in [6, 6.07) is 0. The summed E-state index contributed by atoms with van der Waals surface area (Å²) in [5.41, 5.74) is 7.34. The monoisotopic (exact) mass is 256 g/mol. The molecule has 1 aliphatic rings. The molecule has 5 nitrogen and oxygen atoms in total. The van der Waals surface area contributed by atoms with E-state index in [1.807, 2.05) is 6.92 Å². The van der Waals surface area contributed by atoms with E-state index in [0.29, 0.717) is 11.6 Å². The molecule has 0 saturated carbocycles. The SMILES string of the molecule is COCC1CCN(c2nc(Cl)nc(C)c2N)C1. The van der Waals surface area contributed by atoms with Crippen molar-refractivity contribution in [1.82, 2.24) is 9.97 Å². The number of aryl methyl sites for hydroxylation is 1. The van der Waals surface area contributed by atoms with E-state index in [0.717, 1.165) is 37.6 Å². The number of nitrogen functional groups attached to an aromatic ring is 1. The molecule has 0 aliphatic carbocycles. The van der Waals surface area contributed by atoms with Crippen LogP contribution in [0, 0.1) is 12.8 Å². The first kappa shape index (κ1) is 12.4. The van der Waals surface area contributed by atoms with Gasteiger partial charge in [0.1, 0.15) is 0 Å². The maximum Gasteiger partial charge on any atom is 0.224 e. The van der Waals surface area contributed by atoms with Crippen molar-refractivity contribution in [2.45, 2.75) is 13.3 Å². The zero-order valence-electron chi connectivity index (χ0n) is 10.1. The van der Waals surface area contributed by atoms with Crippen molar-refractivity contribution >= 4 is 23.1 Å². The Labute approximate surface area is 106 Å². The van der Waals surface area contributed by atoms with Crippen LogP contribution in [0.2, 0.25) is 5.28 Å². The summed E-state index contributed by atoms with van der Waals surface area (Å²) >= 11 is 5.87. The van der Waals surface area contributed by atoms with Gasteiger partial charge in [-0.2, -0.15) is 4.98 Å². The van der Waals surface area contributed by atoms with Crippen LogP contribution >= 0.6 is 11.6 Å². The van der Waals surface area contributed by atoms with Crippen LogP contribution in [0.15, 0.2) is 0 Å². The Bertz CT molecular complexity index is 413. The molecule has 0 bridgehead atoms. The van der Waals surface area contributed by atoms with Crippen LogP contribution in [0.4, 0.5) is 11.5 Å². The fraction of sp³-hybridized carbons (Fsp3) is 0.636.